The molecule has 0 heterocycles. The zero-order chi connectivity index (χ0) is 16.8. The standard InChI is InChI=1S/C17H11BrN2O3/c18-13-5-7-14(8-6-13)20-16(21)12(10-19)9-11-3-1-2-4-15(11)17(22)23/h1-9H,(H,20,21)(H,22,23)/b12-9+. The number of benzene rings is 2. The Morgan fingerprint density at radius 1 is 1.13 bits per heavy atom. The first-order valence-corrected chi connectivity index (χ1v) is 7.31. The van der Waals surface area contributed by atoms with Gasteiger partial charge in [-0.3, -0.25) is 4.79 Å². The van der Waals surface area contributed by atoms with Gasteiger partial charge in [-0.2, -0.15) is 5.26 Å². The number of hydrogen-bond acceptors (Lipinski definition) is 3. The van der Waals surface area contributed by atoms with Gasteiger partial charge in [-0.05, 0) is 42.0 Å². The van der Waals surface area contributed by atoms with Crippen LogP contribution in [0.2, 0.25) is 0 Å². The Kier molecular flexibility index (Phi) is 5.28. The van der Waals surface area contributed by atoms with E-state index in [0.29, 0.717) is 11.3 Å². The van der Waals surface area contributed by atoms with E-state index in [1.807, 2.05) is 0 Å². The van der Waals surface area contributed by atoms with Gasteiger partial charge >= 0.3 is 5.97 Å². The highest BCUT2D eigenvalue weighted by Gasteiger charge is 2.13. The van der Waals surface area contributed by atoms with E-state index in [9.17, 15) is 14.9 Å². The number of rotatable bonds is 4. The molecule has 0 atom stereocenters. The Bertz CT molecular complexity index is 820. The fourth-order valence-electron chi connectivity index (χ4n) is 1.85. The van der Waals surface area contributed by atoms with Crippen LogP contribution in [0.15, 0.2) is 58.6 Å². The minimum absolute atomic E-state index is 0.0247. The first-order valence-electron chi connectivity index (χ1n) is 6.52. The second-order valence-corrected chi connectivity index (χ2v) is 5.44. The maximum atomic E-state index is 12.2. The minimum atomic E-state index is -1.12. The van der Waals surface area contributed by atoms with Crippen LogP contribution < -0.4 is 5.32 Å². The monoisotopic (exact) mass is 370 g/mol. The number of aromatic carboxylic acids is 1. The molecular formula is C17H11BrN2O3. The summed E-state index contributed by atoms with van der Waals surface area (Å²) in [4.78, 5) is 23.3. The van der Waals surface area contributed by atoms with E-state index in [0.717, 1.165) is 4.47 Å². The first-order chi connectivity index (χ1) is 11.0. The van der Waals surface area contributed by atoms with Crippen LogP contribution in [0, 0.1) is 11.3 Å². The third-order valence-corrected chi connectivity index (χ3v) is 3.49. The summed E-state index contributed by atoms with van der Waals surface area (Å²) >= 11 is 3.29. The molecule has 0 radical (unpaired) electrons. The van der Waals surface area contributed by atoms with Crippen LogP contribution in [-0.2, 0) is 4.79 Å². The van der Waals surface area contributed by atoms with Crippen molar-refractivity contribution in [3.8, 4) is 6.07 Å². The van der Waals surface area contributed by atoms with Gasteiger partial charge in [0.2, 0.25) is 0 Å². The van der Waals surface area contributed by atoms with Gasteiger partial charge in [0.25, 0.3) is 5.91 Å². The largest absolute Gasteiger partial charge is 0.478 e. The third kappa shape index (κ3) is 4.28. The van der Waals surface area contributed by atoms with Gasteiger partial charge in [-0.25, -0.2) is 4.79 Å². The molecule has 114 valence electrons. The Morgan fingerprint density at radius 2 is 1.78 bits per heavy atom. The fourth-order valence-corrected chi connectivity index (χ4v) is 2.12. The lowest BCUT2D eigenvalue weighted by molar-refractivity contribution is -0.112. The molecule has 0 saturated carbocycles. The van der Waals surface area contributed by atoms with Crippen molar-refractivity contribution >= 4 is 39.6 Å². The molecule has 2 rings (SSSR count). The lowest BCUT2D eigenvalue weighted by Gasteiger charge is -2.05. The van der Waals surface area contributed by atoms with Gasteiger partial charge in [0.05, 0.1) is 5.56 Å². The molecule has 0 bridgehead atoms. The maximum Gasteiger partial charge on any atom is 0.336 e. The first kappa shape index (κ1) is 16.5. The van der Waals surface area contributed by atoms with Crippen LogP contribution in [0.3, 0.4) is 0 Å². The summed E-state index contributed by atoms with van der Waals surface area (Å²) in [7, 11) is 0. The average Bonchev–Trinajstić information content (AvgIpc) is 2.54. The Hall–Kier alpha value is -2.91. The van der Waals surface area contributed by atoms with Crippen LogP contribution >= 0.6 is 15.9 Å². The molecule has 2 N–H and O–H groups in total. The maximum absolute atomic E-state index is 12.2. The fraction of sp³-hybridized carbons (Fsp3) is 0. The second-order valence-electron chi connectivity index (χ2n) is 4.52. The number of nitrogens with zero attached hydrogens (tertiary/aromatic N) is 1. The highest BCUT2D eigenvalue weighted by molar-refractivity contribution is 9.10. The number of nitrogens with one attached hydrogen (secondary N) is 1. The number of amides is 1. The third-order valence-electron chi connectivity index (χ3n) is 2.96. The zero-order valence-electron chi connectivity index (χ0n) is 11.8. The molecule has 5 nitrogen and oxygen atoms in total. The smallest absolute Gasteiger partial charge is 0.336 e. The minimum Gasteiger partial charge on any atom is -0.478 e. The summed E-state index contributed by atoms with van der Waals surface area (Å²) in [5, 5.41) is 20.9. The predicted octanol–water partition coefficient (Wildman–Crippen LogP) is 3.69. The van der Waals surface area contributed by atoms with Crippen LogP contribution in [-0.4, -0.2) is 17.0 Å². The SMILES string of the molecule is N#C/C(=C\c1ccccc1C(=O)O)C(=O)Nc1ccc(Br)cc1. The predicted molar refractivity (Wildman–Crippen MR) is 89.8 cm³/mol. The summed E-state index contributed by atoms with van der Waals surface area (Å²) < 4.78 is 0.863. The van der Waals surface area contributed by atoms with Crippen molar-refractivity contribution in [1.29, 1.82) is 5.26 Å². The molecule has 6 heteroatoms. The number of carbonyl (C=O) groups is 2. The van der Waals surface area contributed by atoms with Gasteiger partial charge in [0, 0.05) is 10.2 Å². The summed E-state index contributed by atoms with van der Waals surface area (Å²) in [6.45, 7) is 0. The van der Waals surface area contributed by atoms with Gasteiger partial charge in [-0.1, -0.05) is 34.1 Å². The van der Waals surface area contributed by atoms with Crippen LogP contribution in [0.4, 0.5) is 5.69 Å². The van der Waals surface area contributed by atoms with Gasteiger partial charge in [-0.15, -0.1) is 0 Å². The molecule has 23 heavy (non-hydrogen) atoms. The summed E-state index contributed by atoms with van der Waals surface area (Å²) in [6.07, 6.45) is 1.26. The number of nitriles is 1. The van der Waals surface area contributed by atoms with E-state index in [4.69, 9.17) is 5.11 Å². The van der Waals surface area contributed by atoms with Crippen molar-refractivity contribution in [1.82, 2.24) is 0 Å². The average molecular weight is 371 g/mol. The topological polar surface area (TPSA) is 90.2 Å². The van der Waals surface area contributed by atoms with Gasteiger partial charge < -0.3 is 10.4 Å². The van der Waals surface area contributed by atoms with Crippen molar-refractivity contribution in [3.05, 3.63) is 69.7 Å². The number of carboxylic acids is 1. The van der Waals surface area contributed by atoms with Crippen LogP contribution in [0.5, 0.6) is 0 Å². The van der Waals surface area contributed by atoms with Crippen molar-refractivity contribution in [3.63, 3.8) is 0 Å². The Morgan fingerprint density at radius 3 is 2.39 bits per heavy atom. The number of anilines is 1. The summed E-state index contributed by atoms with van der Waals surface area (Å²) in [5.74, 6) is -1.72. The molecule has 0 saturated heterocycles. The summed E-state index contributed by atoms with van der Waals surface area (Å²) in [6, 6.07) is 14.8. The van der Waals surface area contributed by atoms with Gasteiger partial charge in [0.15, 0.2) is 0 Å². The second kappa shape index (κ2) is 7.38. The highest BCUT2D eigenvalue weighted by atomic mass is 79.9. The normalized spacial score (nSPS) is 10.7. The Labute approximate surface area is 141 Å². The quantitative estimate of drug-likeness (QED) is 0.634. The van der Waals surface area contributed by atoms with E-state index in [2.05, 4.69) is 21.2 Å². The van der Waals surface area contributed by atoms with Crippen molar-refractivity contribution in [2.45, 2.75) is 0 Å². The molecular weight excluding hydrogens is 360 g/mol. The van der Waals surface area contributed by atoms with E-state index in [1.54, 1.807) is 42.5 Å². The molecule has 0 fully saturated rings. The molecule has 0 aromatic heterocycles. The van der Waals surface area contributed by atoms with Crippen molar-refractivity contribution < 1.29 is 14.7 Å². The molecule has 1 amide bonds. The molecule has 0 aliphatic rings. The van der Waals surface area contributed by atoms with E-state index < -0.39 is 11.9 Å². The molecule has 2 aromatic carbocycles. The van der Waals surface area contributed by atoms with Crippen molar-refractivity contribution in [2.24, 2.45) is 0 Å². The van der Waals surface area contributed by atoms with Crippen LogP contribution in [0.25, 0.3) is 6.08 Å². The molecule has 0 aliphatic heterocycles. The van der Waals surface area contributed by atoms with Crippen molar-refractivity contribution in [2.75, 3.05) is 5.32 Å². The zero-order valence-corrected chi connectivity index (χ0v) is 13.4. The van der Waals surface area contributed by atoms with Gasteiger partial charge in [0.1, 0.15) is 11.6 Å². The number of halogens is 1. The lowest BCUT2D eigenvalue weighted by atomic mass is 10.0. The van der Waals surface area contributed by atoms with E-state index in [-0.39, 0.29) is 11.1 Å². The van der Waals surface area contributed by atoms with E-state index in [1.165, 1.54) is 18.2 Å². The van der Waals surface area contributed by atoms with E-state index >= 15 is 0 Å². The lowest BCUT2D eigenvalue weighted by Crippen LogP contribution is -2.13. The Balaban J connectivity index is 2.29. The molecule has 0 unspecified atom stereocenters. The number of carbonyl (C=O) groups excluding carboxylic acids is 1. The van der Waals surface area contributed by atoms with Crippen LogP contribution in [0.1, 0.15) is 15.9 Å². The molecule has 0 spiro atoms. The molecule has 2 aromatic rings. The highest BCUT2D eigenvalue weighted by Crippen LogP contribution is 2.17. The number of carboxylic acid groups (broad SMARTS) is 1. The molecule has 0 aliphatic carbocycles. The summed E-state index contributed by atoms with van der Waals surface area (Å²) in [5.41, 5.74) is 0.673. The number of hydrogen-bond donors (Lipinski definition) is 2.